The van der Waals surface area contributed by atoms with Crippen molar-refractivity contribution >= 4 is 29.2 Å². The SMILES string of the molecule is CC(C)(C)OC(=O)N[C@@H](C(=O)N1CCC[C@H]1C(=O)NCc1ccc(C#N)s1)C(c1ccccc1)c1ccccc1. The van der Waals surface area contributed by atoms with Gasteiger partial charge in [-0.15, -0.1) is 11.3 Å². The van der Waals surface area contributed by atoms with Crippen LogP contribution in [0.5, 0.6) is 0 Å². The maximum atomic E-state index is 14.3. The van der Waals surface area contributed by atoms with Crippen LogP contribution in [0, 0.1) is 11.3 Å². The van der Waals surface area contributed by atoms with Gasteiger partial charge in [-0.1, -0.05) is 60.7 Å². The van der Waals surface area contributed by atoms with Crippen molar-refractivity contribution in [3.8, 4) is 6.07 Å². The van der Waals surface area contributed by atoms with Crippen molar-refractivity contribution in [3.63, 3.8) is 0 Å². The average Bonchev–Trinajstić information content (AvgIpc) is 3.61. The van der Waals surface area contributed by atoms with Crippen LogP contribution in [0.4, 0.5) is 4.79 Å². The molecule has 0 saturated carbocycles. The van der Waals surface area contributed by atoms with Crippen LogP contribution >= 0.6 is 11.3 Å². The minimum absolute atomic E-state index is 0.259. The van der Waals surface area contributed by atoms with E-state index in [2.05, 4.69) is 16.7 Å². The Hall–Kier alpha value is -4.16. The Kier molecular flexibility index (Phi) is 9.22. The first kappa shape index (κ1) is 28.8. The number of nitrogens with zero attached hydrogens (tertiary/aromatic N) is 2. The van der Waals surface area contributed by atoms with Gasteiger partial charge >= 0.3 is 6.09 Å². The van der Waals surface area contributed by atoms with Gasteiger partial charge in [0.05, 0.1) is 6.54 Å². The zero-order chi connectivity index (χ0) is 28.7. The summed E-state index contributed by atoms with van der Waals surface area (Å²) in [4.78, 5) is 43.6. The lowest BCUT2D eigenvalue weighted by molar-refractivity contribution is -0.140. The van der Waals surface area contributed by atoms with Gasteiger partial charge in [0.25, 0.3) is 0 Å². The number of likely N-dealkylation sites (tertiary alicyclic amines) is 1. The van der Waals surface area contributed by atoms with Crippen molar-refractivity contribution in [2.45, 2.75) is 63.8 Å². The first-order valence-electron chi connectivity index (χ1n) is 13.3. The van der Waals surface area contributed by atoms with Gasteiger partial charge in [-0.05, 0) is 56.9 Å². The summed E-state index contributed by atoms with van der Waals surface area (Å²) in [6, 6.07) is 23.1. The third-order valence-electron chi connectivity index (χ3n) is 6.64. The van der Waals surface area contributed by atoms with Gasteiger partial charge in [0.2, 0.25) is 11.8 Å². The second kappa shape index (κ2) is 12.8. The minimum Gasteiger partial charge on any atom is -0.444 e. The number of carbonyl (C=O) groups is 3. The molecule has 4 rings (SSSR count). The highest BCUT2D eigenvalue weighted by Gasteiger charge is 2.42. The smallest absolute Gasteiger partial charge is 0.408 e. The summed E-state index contributed by atoms with van der Waals surface area (Å²) in [5.74, 6) is -1.11. The predicted molar refractivity (Wildman–Crippen MR) is 154 cm³/mol. The maximum absolute atomic E-state index is 14.3. The Morgan fingerprint density at radius 1 is 1.02 bits per heavy atom. The normalized spacial score (nSPS) is 15.8. The second-order valence-electron chi connectivity index (χ2n) is 10.7. The van der Waals surface area contributed by atoms with Gasteiger partial charge in [-0.3, -0.25) is 9.59 Å². The maximum Gasteiger partial charge on any atom is 0.408 e. The molecule has 2 heterocycles. The molecular weight excluding hydrogens is 524 g/mol. The Labute approximate surface area is 239 Å². The predicted octanol–water partition coefficient (Wildman–Crippen LogP) is 4.95. The van der Waals surface area contributed by atoms with Crippen LogP contribution in [0.15, 0.2) is 72.8 Å². The number of nitrogens with one attached hydrogen (secondary N) is 2. The molecule has 0 spiro atoms. The lowest BCUT2D eigenvalue weighted by Crippen LogP contribution is -2.56. The van der Waals surface area contributed by atoms with E-state index in [-0.39, 0.29) is 18.4 Å². The summed E-state index contributed by atoms with van der Waals surface area (Å²) >= 11 is 1.32. The highest BCUT2D eigenvalue weighted by molar-refractivity contribution is 7.12. The molecule has 2 atom stereocenters. The summed E-state index contributed by atoms with van der Waals surface area (Å²) < 4.78 is 5.55. The largest absolute Gasteiger partial charge is 0.444 e. The van der Waals surface area contributed by atoms with Gasteiger partial charge in [-0.25, -0.2) is 4.79 Å². The van der Waals surface area contributed by atoms with E-state index in [9.17, 15) is 14.4 Å². The Morgan fingerprint density at radius 3 is 2.20 bits per heavy atom. The van der Waals surface area contributed by atoms with E-state index >= 15 is 0 Å². The molecule has 3 amide bonds. The van der Waals surface area contributed by atoms with E-state index in [0.29, 0.717) is 24.3 Å². The van der Waals surface area contributed by atoms with Crippen LogP contribution in [-0.4, -0.2) is 47.0 Å². The van der Waals surface area contributed by atoms with E-state index in [0.717, 1.165) is 16.0 Å². The number of thiophene rings is 1. The van der Waals surface area contributed by atoms with Crippen molar-refractivity contribution < 1.29 is 19.1 Å². The molecule has 8 nitrogen and oxygen atoms in total. The van der Waals surface area contributed by atoms with Gasteiger partial charge in [0.15, 0.2) is 0 Å². The number of benzene rings is 2. The number of alkyl carbamates (subject to hydrolysis) is 1. The van der Waals surface area contributed by atoms with Crippen molar-refractivity contribution in [2.24, 2.45) is 0 Å². The van der Waals surface area contributed by atoms with Crippen molar-refractivity contribution in [1.29, 1.82) is 5.26 Å². The van der Waals surface area contributed by atoms with Crippen LogP contribution in [0.2, 0.25) is 0 Å². The van der Waals surface area contributed by atoms with Crippen LogP contribution in [0.25, 0.3) is 0 Å². The molecule has 1 fully saturated rings. The van der Waals surface area contributed by atoms with E-state index in [1.54, 1.807) is 31.7 Å². The topological polar surface area (TPSA) is 112 Å². The monoisotopic (exact) mass is 558 g/mol. The molecule has 2 aromatic carbocycles. The first-order chi connectivity index (χ1) is 19.2. The Bertz CT molecular complexity index is 1320. The number of hydrogen-bond donors (Lipinski definition) is 2. The van der Waals surface area contributed by atoms with Crippen molar-refractivity contribution in [2.75, 3.05) is 6.54 Å². The summed E-state index contributed by atoms with van der Waals surface area (Å²) in [5, 5.41) is 14.9. The fourth-order valence-corrected chi connectivity index (χ4v) is 5.67. The highest BCUT2D eigenvalue weighted by Crippen LogP contribution is 2.31. The van der Waals surface area contributed by atoms with E-state index in [1.807, 2.05) is 66.7 Å². The van der Waals surface area contributed by atoms with Crippen molar-refractivity contribution in [1.82, 2.24) is 15.5 Å². The molecule has 208 valence electrons. The molecule has 1 aromatic heterocycles. The third kappa shape index (κ3) is 7.27. The number of hydrogen-bond acceptors (Lipinski definition) is 6. The molecule has 1 aliphatic rings. The summed E-state index contributed by atoms with van der Waals surface area (Å²) in [5.41, 5.74) is 0.958. The summed E-state index contributed by atoms with van der Waals surface area (Å²) in [7, 11) is 0. The van der Waals surface area contributed by atoms with E-state index < -0.39 is 29.7 Å². The van der Waals surface area contributed by atoms with Crippen LogP contribution < -0.4 is 10.6 Å². The third-order valence-corrected chi connectivity index (χ3v) is 7.63. The fourth-order valence-electron chi connectivity index (χ4n) is 4.93. The van der Waals surface area contributed by atoms with Gasteiger partial charge in [0.1, 0.15) is 28.6 Å². The zero-order valence-electron chi connectivity index (χ0n) is 22.9. The molecule has 0 bridgehead atoms. The lowest BCUT2D eigenvalue weighted by atomic mass is 9.84. The van der Waals surface area contributed by atoms with Gasteiger partial charge in [-0.2, -0.15) is 5.26 Å². The molecule has 0 unspecified atom stereocenters. The number of rotatable bonds is 8. The number of nitriles is 1. The quantitative estimate of drug-likeness (QED) is 0.406. The molecule has 1 saturated heterocycles. The summed E-state index contributed by atoms with van der Waals surface area (Å²) in [6.45, 7) is 5.98. The molecule has 40 heavy (non-hydrogen) atoms. The van der Waals surface area contributed by atoms with Gasteiger partial charge in [0, 0.05) is 17.3 Å². The molecule has 9 heteroatoms. The Balaban J connectivity index is 1.63. The van der Waals surface area contributed by atoms with Gasteiger partial charge < -0.3 is 20.3 Å². The van der Waals surface area contributed by atoms with Crippen LogP contribution in [-0.2, 0) is 20.9 Å². The Morgan fingerprint density at radius 2 is 1.65 bits per heavy atom. The molecule has 2 N–H and O–H groups in total. The minimum atomic E-state index is -1.01. The molecule has 0 aliphatic carbocycles. The lowest BCUT2D eigenvalue weighted by Gasteiger charge is -2.34. The summed E-state index contributed by atoms with van der Waals surface area (Å²) in [6.07, 6.45) is 0.488. The van der Waals surface area contributed by atoms with Crippen LogP contribution in [0.1, 0.15) is 60.4 Å². The second-order valence-corrected chi connectivity index (χ2v) is 11.9. The molecule has 1 aliphatic heterocycles. The molecule has 0 radical (unpaired) electrons. The number of ether oxygens (including phenoxy) is 1. The zero-order valence-corrected chi connectivity index (χ0v) is 23.7. The van der Waals surface area contributed by atoms with E-state index in [4.69, 9.17) is 10.00 Å². The number of amides is 3. The number of carbonyl (C=O) groups excluding carboxylic acids is 3. The fraction of sp³-hybridized carbons (Fsp3) is 0.355. The highest BCUT2D eigenvalue weighted by atomic mass is 32.1. The average molecular weight is 559 g/mol. The first-order valence-corrected chi connectivity index (χ1v) is 14.1. The molecule has 3 aromatic rings. The molecular formula is C31H34N4O4S. The van der Waals surface area contributed by atoms with E-state index in [1.165, 1.54) is 11.3 Å². The van der Waals surface area contributed by atoms with Crippen molar-refractivity contribution in [3.05, 3.63) is 93.7 Å². The standard InChI is InChI=1S/C31H34N4O4S/c1-31(2,3)39-30(38)34-27(26(21-11-6-4-7-12-21)22-13-8-5-9-14-22)29(37)35-18-10-15-25(35)28(36)33-20-24-17-16-23(19-32)40-24/h4-9,11-14,16-17,25-27H,10,15,18,20H2,1-3H3,(H,33,36)(H,34,38)/t25-,27+/m0/s1. The van der Waals surface area contributed by atoms with Crippen LogP contribution in [0.3, 0.4) is 0 Å².